The Morgan fingerprint density at radius 1 is 1.46 bits per heavy atom. The molecule has 0 aliphatic rings. The van der Waals surface area contributed by atoms with E-state index in [4.69, 9.17) is 0 Å². The van der Waals surface area contributed by atoms with Gasteiger partial charge in [-0.25, -0.2) is 19.6 Å². The first-order chi connectivity index (χ1) is 6.40. The van der Waals surface area contributed by atoms with Gasteiger partial charge in [0.1, 0.15) is 18.5 Å². The van der Waals surface area contributed by atoms with Crippen LogP contribution in [0, 0.1) is 0 Å². The Balaban J connectivity index is 2.41. The van der Waals surface area contributed by atoms with Crippen molar-refractivity contribution in [1.29, 1.82) is 0 Å². The molecule has 0 amide bonds. The Bertz CT molecular complexity index is 386. The molecule has 2 rings (SSSR count). The minimum absolute atomic E-state index is 0.516. The van der Waals surface area contributed by atoms with E-state index in [-0.39, 0.29) is 0 Å². The van der Waals surface area contributed by atoms with E-state index >= 15 is 0 Å². The zero-order valence-corrected chi connectivity index (χ0v) is 7.59. The van der Waals surface area contributed by atoms with Crippen molar-refractivity contribution < 1.29 is 0 Å². The highest BCUT2D eigenvalue weighted by Gasteiger charge is 1.99. The van der Waals surface area contributed by atoms with Gasteiger partial charge in [0.2, 0.25) is 0 Å². The maximum atomic E-state index is 4.21. The summed E-state index contributed by atoms with van der Waals surface area (Å²) in [5.74, 6) is 1.90. The fourth-order valence-corrected chi connectivity index (χ4v) is 1.07. The van der Waals surface area contributed by atoms with E-state index in [1.54, 1.807) is 23.3 Å². The van der Waals surface area contributed by atoms with Crippen molar-refractivity contribution in [2.45, 2.75) is 5.75 Å². The van der Waals surface area contributed by atoms with Gasteiger partial charge in [-0.05, 0) is 0 Å². The van der Waals surface area contributed by atoms with Crippen LogP contribution in [0.25, 0.3) is 5.82 Å². The van der Waals surface area contributed by atoms with E-state index in [0.717, 1.165) is 0 Å². The van der Waals surface area contributed by atoms with E-state index in [1.165, 1.54) is 6.33 Å². The van der Waals surface area contributed by atoms with Crippen LogP contribution in [0.1, 0.15) is 5.82 Å². The Hall–Kier alpha value is -1.43. The van der Waals surface area contributed by atoms with Crippen molar-refractivity contribution >= 4 is 12.6 Å². The van der Waals surface area contributed by atoms with E-state index in [9.17, 15) is 0 Å². The molecule has 0 aliphatic heterocycles. The molecule has 0 N–H and O–H groups in total. The average molecular weight is 193 g/mol. The molecule has 0 spiro atoms. The summed E-state index contributed by atoms with van der Waals surface area (Å²) in [4.78, 5) is 12.1. The van der Waals surface area contributed by atoms with Gasteiger partial charge in [0.05, 0.1) is 5.75 Å². The van der Waals surface area contributed by atoms with Gasteiger partial charge in [0.15, 0.2) is 5.82 Å². The van der Waals surface area contributed by atoms with Crippen molar-refractivity contribution in [2.24, 2.45) is 0 Å². The first-order valence-corrected chi connectivity index (χ1v) is 4.31. The molecule has 0 saturated carbocycles. The van der Waals surface area contributed by atoms with Crippen LogP contribution in [-0.2, 0) is 5.75 Å². The van der Waals surface area contributed by atoms with Crippen LogP contribution in [0.15, 0.2) is 24.9 Å². The van der Waals surface area contributed by atoms with E-state index in [1.807, 2.05) is 0 Å². The quantitative estimate of drug-likeness (QED) is 0.705. The first-order valence-electron chi connectivity index (χ1n) is 3.68. The lowest BCUT2D eigenvalue weighted by molar-refractivity contribution is 0.825. The van der Waals surface area contributed by atoms with E-state index in [2.05, 4.69) is 32.7 Å². The molecule has 2 aromatic rings. The van der Waals surface area contributed by atoms with Crippen molar-refractivity contribution in [3.05, 3.63) is 30.7 Å². The fourth-order valence-electron chi connectivity index (χ4n) is 0.919. The van der Waals surface area contributed by atoms with E-state index < -0.39 is 0 Å². The standard InChI is InChI=1S/C7H7N5S/c13-3-6-9-2-1-7(11-6)12-5-8-4-10-12/h1-2,4-5,13H,3H2. The van der Waals surface area contributed by atoms with Gasteiger partial charge in [-0.3, -0.25) is 0 Å². The molecule has 0 unspecified atom stereocenters. The van der Waals surface area contributed by atoms with Crippen LogP contribution in [0.4, 0.5) is 0 Å². The van der Waals surface area contributed by atoms with Gasteiger partial charge < -0.3 is 0 Å². The van der Waals surface area contributed by atoms with Crippen LogP contribution < -0.4 is 0 Å². The lowest BCUT2D eigenvalue weighted by atomic mass is 10.5. The minimum atomic E-state index is 0.516. The number of rotatable bonds is 2. The summed E-state index contributed by atoms with van der Waals surface area (Å²) in [6.45, 7) is 0. The summed E-state index contributed by atoms with van der Waals surface area (Å²) in [7, 11) is 0. The molecule has 6 heteroatoms. The molecule has 0 radical (unpaired) electrons. The third-order valence-corrected chi connectivity index (χ3v) is 1.77. The molecular formula is C7H7N5S. The molecule has 0 aromatic carbocycles. The molecule has 0 fully saturated rings. The molecule has 0 bridgehead atoms. The maximum Gasteiger partial charge on any atom is 0.158 e. The Kier molecular flexibility index (Phi) is 2.22. The monoisotopic (exact) mass is 193 g/mol. The molecule has 0 saturated heterocycles. The normalized spacial score (nSPS) is 10.2. The molecule has 0 atom stereocenters. The Morgan fingerprint density at radius 2 is 2.38 bits per heavy atom. The highest BCUT2D eigenvalue weighted by atomic mass is 32.1. The SMILES string of the molecule is SCc1nccc(-n2cncn2)n1. The Morgan fingerprint density at radius 3 is 3.08 bits per heavy atom. The lowest BCUT2D eigenvalue weighted by Crippen LogP contribution is -2.01. The molecule has 2 aromatic heterocycles. The average Bonchev–Trinajstić information content (AvgIpc) is 2.71. The highest BCUT2D eigenvalue weighted by Crippen LogP contribution is 2.01. The number of hydrogen-bond acceptors (Lipinski definition) is 5. The van der Waals surface area contributed by atoms with Gasteiger partial charge in [-0.15, -0.1) is 0 Å². The second kappa shape index (κ2) is 3.53. The predicted octanol–water partition coefficient (Wildman–Crippen LogP) is 0.487. The van der Waals surface area contributed by atoms with Crippen molar-refractivity contribution in [3.8, 4) is 5.82 Å². The largest absolute Gasteiger partial charge is 0.240 e. The third kappa shape index (κ3) is 1.67. The summed E-state index contributed by atoms with van der Waals surface area (Å²) in [5.41, 5.74) is 0. The van der Waals surface area contributed by atoms with Crippen LogP contribution >= 0.6 is 12.6 Å². The second-order valence-electron chi connectivity index (χ2n) is 2.33. The fraction of sp³-hybridized carbons (Fsp3) is 0.143. The lowest BCUT2D eigenvalue weighted by Gasteiger charge is -1.99. The topological polar surface area (TPSA) is 56.5 Å². The number of aromatic nitrogens is 5. The molecule has 66 valence electrons. The van der Waals surface area contributed by atoms with Crippen LogP contribution in [0.5, 0.6) is 0 Å². The highest BCUT2D eigenvalue weighted by molar-refractivity contribution is 7.79. The summed E-state index contributed by atoms with van der Waals surface area (Å²) in [6, 6.07) is 1.77. The van der Waals surface area contributed by atoms with Crippen LogP contribution in [0.3, 0.4) is 0 Å². The van der Waals surface area contributed by atoms with Gasteiger partial charge in [0.25, 0.3) is 0 Å². The predicted molar refractivity (Wildman–Crippen MR) is 49.6 cm³/mol. The van der Waals surface area contributed by atoms with Gasteiger partial charge in [0, 0.05) is 12.3 Å². The van der Waals surface area contributed by atoms with Gasteiger partial charge >= 0.3 is 0 Å². The van der Waals surface area contributed by atoms with Gasteiger partial charge in [-0.1, -0.05) is 0 Å². The second-order valence-corrected chi connectivity index (χ2v) is 2.65. The molecule has 2 heterocycles. The summed E-state index contributed by atoms with van der Waals surface area (Å²) in [6.07, 6.45) is 4.72. The number of thiol groups is 1. The summed E-state index contributed by atoms with van der Waals surface area (Å²) in [5, 5.41) is 3.95. The summed E-state index contributed by atoms with van der Waals surface area (Å²) < 4.78 is 1.58. The molecule has 5 nitrogen and oxygen atoms in total. The van der Waals surface area contributed by atoms with E-state index in [0.29, 0.717) is 17.4 Å². The van der Waals surface area contributed by atoms with Crippen LogP contribution in [0.2, 0.25) is 0 Å². The maximum absolute atomic E-state index is 4.21. The molecular weight excluding hydrogens is 186 g/mol. The molecule has 0 aliphatic carbocycles. The number of nitrogens with zero attached hydrogens (tertiary/aromatic N) is 5. The number of hydrogen-bond donors (Lipinski definition) is 1. The van der Waals surface area contributed by atoms with Crippen molar-refractivity contribution in [2.75, 3.05) is 0 Å². The summed E-state index contributed by atoms with van der Waals surface area (Å²) >= 11 is 4.08. The zero-order valence-electron chi connectivity index (χ0n) is 6.70. The minimum Gasteiger partial charge on any atom is -0.240 e. The smallest absolute Gasteiger partial charge is 0.158 e. The first kappa shape index (κ1) is 8.18. The molecule has 13 heavy (non-hydrogen) atoms. The third-order valence-electron chi connectivity index (χ3n) is 1.49. The Labute approximate surface area is 80.3 Å². The van der Waals surface area contributed by atoms with Gasteiger partial charge in [-0.2, -0.15) is 17.7 Å². The van der Waals surface area contributed by atoms with Crippen molar-refractivity contribution in [3.63, 3.8) is 0 Å². The van der Waals surface area contributed by atoms with Crippen LogP contribution in [-0.4, -0.2) is 24.7 Å². The zero-order chi connectivity index (χ0) is 9.10. The van der Waals surface area contributed by atoms with Crippen molar-refractivity contribution in [1.82, 2.24) is 24.7 Å².